The number of hydrogen-bond acceptors (Lipinski definition) is 2. The summed E-state index contributed by atoms with van der Waals surface area (Å²) in [5.74, 6) is 0. The van der Waals surface area contributed by atoms with E-state index >= 15 is 0 Å². The molecule has 0 spiro atoms. The SMILES string of the molecule is CC1(C)c2ccccc2-c2ccc(Nc3ccc(N(c4ccccc4)c4ccccc4)cc3)cc21. The van der Waals surface area contributed by atoms with Crippen molar-refractivity contribution in [2.24, 2.45) is 0 Å². The predicted molar refractivity (Wildman–Crippen MR) is 148 cm³/mol. The van der Waals surface area contributed by atoms with Gasteiger partial charge in [0.05, 0.1) is 0 Å². The third-order valence-electron chi connectivity index (χ3n) is 7.03. The van der Waals surface area contributed by atoms with E-state index < -0.39 is 0 Å². The van der Waals surface area contributed by atoms with E-state index in [1.807, 2.05) is 0 Å². The summed E-state index contributed by atoms with van der Waals surface area (Å²) in [4.78, 5) is 2.28. The molecule has 0 bridgehead atoms. The van der Waals surface area contributed by atoms with Gasteiger partial charge in [0.25, 0.3) is 0 Å². The molecular weight excluding hydrogens is 424 g/mol. The van der Waals surface area contributed by atoms with Gasteiger partial charge >= 0.3 is 0 Å². The Morgan fingerprint density at radius 1 is 0.486 bits per heavy atom. The minimum atomic E-state index is -0.000652. The zero-order chi connectivity index (χ0) is 23.8. The molecule has 0 saturated heterocycles. The van der Waals surface area contributed by atoms with Gasteiger partial charge in [0.15, 0.2) is 0 Å². The lowest BCUT2D eigenvalue weighted by molar-refractivity contribution is 0.660. The van der Waals surface area contributed by atoms with Crippen LogP contribution in [0, 0.1) is 0 Å². The molecule has 1 N–H and O–H groups in total. The van der Waals surface area contributed by atoms with E-state index in [-0.39, 0.29) is 5.41 Å². The van der Waals surface area contributed by atoms with Gasteiger partial charge in [-0.3, -0.25) is 0 Å². The molecule has 2 nitrogen and oxygen atoms in total. The molecule has 5 aromatic carbocycles. The second-order valence-corrected chi connectivity index (χ2v) is 9.61. The Labute approximate surface area is 207 Å². The average Bonchev–Trinajstić information content (AvgIpc) is 3.13. The summed E-state index contributed by atoms with van der Waals surface area (Å²) >= 11 is 0. The van der Waals surface area contributed by atoms with Crippen LogP contribution < -0.4 is 10.2 Å². The van der Waals surface area contributed by atoms with E-state index in [1.54, 1.807) is 0 Å². The minimum absolute atomic E-state index is 0.000652. The standard InChI is InChI=1S/C33H28N2/c1-33(2)31-16-10-9-15-29(31)30-22-19-25(23-32(30)33)34-24-17-20-28(21-18-24)35(26-11-5-3-6-12-26)27-13-7-4-8-14-27/h3-23,34H,1-2H3. The van der Waals surface area contributed by atoms with Crippen LogP contribution in [0.25, 0.3) is 11.1 Å². The smallest absolute Gasteiger partial charge is 0.0463 e. The molecule has 2 heteroatoms. The van der Waals surface area contributed by atoms with E-state index in [4.69, 9.17) is 0 Å². The summed E-state index contributed by atoms with van der Waals surface area (Å²) in [6.07, 6.45) is 0. The normalized spacial score (nSPS) is 13.1. The second kappa shape index (κ2) is 8.48. The molecule has 0 fully saturated rings. The van der Waals surface area contributed by atoms with Crippen LogP contribution in [0.5, 0.6) is 0 Å². The van der Waals surface area contributed by atoms with Crippen LogP contribution in [-0.2, 0) is 5.41 Å². The van der Waals surface area contributed by atoms with Crippen molar-refractivity contribution in [1.82, 2.24) is 0 Å². The van der Waals surface area contributed by atoms with Crippen molar-refractivity contribution in [3.8, 4) is 11.1 Å². The molecule has 0 aromatic heterocycles. The Balaban J connectivity index is 1.30. The highest BCUT2D eigenvalue weighted by Gasteiger charge is 2.35. The van der Waals surface area contributed by atoms with Gasteiger partial charge in [-0.2, -0.15) is 0 Å². The zero-order valence-electron chi connectivity index (χ0n) is 20.1. The van der Waals surface area contributed by atoms with Crippen LogP contribution in [-0.4, -0.2) is 0 Å². The number of anilines is 5. The number of nitrogens with one attached hydrogen (secondary N) is 1. The van der Waals surface area contributed by atoms with Gasteiger partial charge in [-0.25, -0.2) is 0 Å². The lowest BCUT2D eigenvalue weighted by atomic mass is 9.82. The summed E-state index contributed by atoms with van der Waals surface area (Å²) in [6.45, 7) is 4.63. The number of para-hydroxylation sites is 2. The van der Waals surface area contributed by atoms with E-state index in [1.165, 1.54) is 22.3 Å². The third kappa shape index (κ3) is 3.77. The van der Waals surface area contributed by atoms with Crippen LogP contribution in [0.2, 0.25) is 0 Å². The van der Waals surface area contributed by atoms with Crippen molar-refractivity contribution in [3.05, 3.63) is 139 Å². The maximum atomic E-state index is 3.63. The summed E-state index contributed by atoms with van der Waals surface area (Å²) in [7, 11) is 0. The highest BCUT2D eigenvalue weighted by molar-refractivity contribution is 5.83. The van der Waals surface area contributed by atoms with Crippen molar-refractivity contribution >= 4 is 28.4 Å². The van der Waals surface area contributed by atoms with Gasteiger partial charge in [-0.1, -0.05) is 80.6 Å². The highest BCUT2D eigenvalue weighted by Crippen LogP contribution is 2.49. The summed E-state index contributed by atoms with van der Waals surface area (Å²) in [5, 5.41) is 3.63. The number of fused-ring (bicyclic) bond motifs is 3. The van der Waals surface area contributed by atoms with Crippen molar-refractivity contribution in [2.45, 2.75) is 19.3 Å². The topological polar surface area (TPSA) is 15.3 Å². The monoisotopic (exact) mass is 452 g/mol. The molecule has 6 rings (SSSR count). The number of benzene rings is 5. The first-order chi connectivity index (χ1) is 17.1. The summed E-state index contributed by atoms with van der Waals surface area (Å²) in [5.41, 5.74) is 11.1. The zero-order valence-corrected chi connectivity index (χ0v) is 20.1. The average molecular weight is 453 g/mol. The largest absolute Gasteiger partial charge is 0.356 e. The molecule has 0 unspecified atom stereocenters. The van der Waals surface area contributed by atoms with Crippen LogP contribution in [0.1, 0.15) is 25.0 Å². The Hall–Kier alpha value is -4.30. The number of rotatable bonds is 5. The molecule has 0 amide bonds. The van der Waals surface area contributed by atoms with E-state index in [0.29, 0.717) is 0 Å². The summed E-state index contributed by atoms with van der Waals surface area (Å²) < 4.78 is 0. The van der Waals surface area contributed by atoms with Gasteiger partial charge in [0, 0.05) is 33.9 Å². The molecule has 0 radical (unpaired) electrons. The first-order valence-corrected chi connectivity index (χ1v) is 12.1. The molecule has 1 aliphatic carbocycles. The highest BCUT2D eigenvalue weighted by atomic mass is 15.1. The Morgan fingerprint density at radius 3 is 1.66 bits per heavy atom. The Bertz CT molecular complexity index is 1430. The van der Waals surface area contributed by atoms with E-state index in [0.717, 1.165) is 28.4 Å². The Kier molecular flexibility index (Phi) is 5.15. The van der Waals surface area contributed by atoms with Gasteiger partial charge in [0.2, 0.25) is 0 Å². The fraction of sp³-hybridized carbons (Fsp3) is 0.0909. The van der Waals surface area contributed by atoms with Crippen molar-refractivity contribution < 1.29 is 0 Å². The van der Waals surface area contributed by atoms with Crippen LogP contribution in [0.4, 0.5) is 28.4 Å². The lowest BCUT2D eigenvalue weighted by Gasteiger charge is -2.25. The predicted octanol–water partition coefficient (Wildman–Crippen LogP) is 9.21. The molecule has 1 aliphatic rings. The molecule has 170 valence electrons. The van der Waals surface area contributed by atoms with Crippen molar-refractivity contribution in [1.29, 1.82) is 0 Å². The lowest BCUT2D eigenvalue weighted by Crippen LogP contribution is -2.15. The van der Waals surface area contributed by atoms with Gasteiger partial charge in [-0.05, 0) is 82.9 Å². The van der Waals surface area contributed by atoms with Crippen molar-refractivity contribution in [2.75, 3.05) is 10.2 Å². The number of nitrogens with zero attached hydrogens (tertiary/aromatic N) is 1. The maximum absolute atomic E-state index is 3.63. The minimum Gasteiger partial charge on any atom is -0.356 e. The van der Waals surface area contributed by atoms with Crippen LogP contribution in [0.3, 0.4) is 0 Å². The molecule has 35 heavy (non-hydrogen) atoms. The summed E-state index contributed by atoms with van der Waals surface area (Å²) in [6, 6.07) is 45.2. The maximum Gasteiger partial charge on any atom is 0.0463 e. The van der Waals surface area contributed by atoms with Crippen LogP contribution >= 0.6 is 0 Å². The van der Waals surface area contributed by atoms with E-state index in [9.17, 15) is 0 Å². The van der Waals surface area contributed by atoms with Gasteiger partial charge in [0.1, 0.15) is 0 Å². The fourth-order valence-electron chi connectivity index (χ4n) is 5.24. The number of hydrogen-bond donors (Lipinski definition) is 1. The van der Waals surface area contributed by atoms with Gasteiger partial charge < -0.3 is 10.2 Å². The molecule has 0 aliphatic heterocycles. The first kappa shape index (κ1) is 21.2. The Morgan fingerprint density at radius 2 is 1.00 bits per heavy atom. The molecule has 5 aromatic rings. The molecule has 0 saturated carbocycles. The molecular formula is C33H28N2. The fourth-order valence-corrected chi connectivity index (χ4v) is 5.24. The van der Waals surface area contributed by atoms with Crippen molar-refractivity contribution in [3.63, 3.8) is 0 Å². The molecule has 0 heterocycles. The van der Waals surface area contributed by atoms with E-state index in [2.05, 4.69) is 151 Å². The second-order valence-electron chi connectivity index (χ2n) is 9.61. The van der Waals surface area contributed by atoms with Crippen LogP contribution in [0.15, 0.2) is 127 Å². The molecule has 0 atom stereocenters. The third-order valence-corrected chi connectivity index (χ3v) is 7.03. The quantitative estimate of drug-likeness (QED) is 0.286. The van der Waals surface area contributed by atoms with Gasteiger partial charge in [-0.15, -0.1) is 0 Å². The first-order valence-electron chi connectivity index (χ1n) is 12.1.